The van der Waals surface area contributed by atoms with Gasteiger partial charge in [-0.25, -0.2) is 0 Å². The SMILES string of the molecule is O=c1c(-c2ccccc2)cc2n[nH]c(C3CC3)c2n1-c1ccc(OC(F)F)cc1. The highest BCUT2D eigenvalue weighted by atomic mass is 19.3. The molecule has 0 radical (unpaired) electrons. The number of H-pyrrole nitrogens is 1. The van der Waals surface area contributed by atoms with Crippen molar-refractivity contribution in [3.63, 3.8) is 0 Å². The Balaban J connectivity index is 1.74. The summed E-state index contributed by atoms with van der Waals surface area (Å²) in [6.07, 6.45) is 2.10. The van der Waals surface area contributed by atoms with Crippen LogP contribution in [0.4, 0.5) is 8.78 Å². The van der Waals surface area contributed by atoms with E-state index in [-0.39, 0.29) is 11.3 Å². The molecule has 1 aliphatic carbocycles. The molecule has 0 unspecified atom stereocenters. The largest absolute Gasteiger partial charge is 0.435 e. The molecule has 0 spiro atoms. The van der Waals surface area contributed by atoms with Crippen molar-refractivity contribution in [2.75, 3.05) is 0 Å². The number of hydrogen-bond donors (Lipinski definition) is 1. The maximum Gasteiger partial charge on any atom is 0.387 e. The van der Waals surface area contributed by atoms with E-state index in [9.17, 15) is 13.6 Å². The number of rotatable bonds is 5. The topological polar surface area (TPSA) is 59.9 Å². The quantitative estimate of drug-likeness (QED) is 0.527. The normalized spacial score (nSPS) is 13.9. The minimum Gasteiger partial charge on any atom is -0.435 e. The maximum atomic E-state index is 13.5. The number of benzene rings is 2. The number of aromatic nitrogens is 3. The molecule has 0 aliphatic heterocycles. The summed E-state index contributed by atoms with van der Waals surface area (Å²) >= 11 is 0. The van der Waals surface area contributed by atoms with E-state index < -0.39 is 6.61 Å². The summed E-state index contributed by atoms with van der Waals surface area (Å²) in [4.78, 5) is 13.5. The first-order chi connectivity index (χ1) is 14.1. The van der Waals surface area contributed by atoms with Gasteiger partial charge in [0, 0.05) is 17.2 Å². The Kier molecular flexibility index (Phi) is 4.16. The second-order valence-corrected chi connectivity index (χ2v) is 7.08. The molecule has 146 valence electrons. The van der Waals surface area contributed by atoms with Gasteiger partial charge in [0.05, 0.1) is 11.2 Å². The molecule has 5 nitrogen and oxygen atoms in total. The smallest absolute Gasteiger partial charge is 0.387 e. The molecule has 0 saturated heterocycles. The second-order valence-electron chi connectivity index (χ2n) is 7.08. The van der Waals surface area contributed by atoms with Crippen LogP contribution in [-0.4, -0.2) is 21.4 Å². The Morgan fingerprint density at radius 1 is 1.07 bits per heavy atom. The summed E-state index contributed by atoms with van der Waals surface area (Å²) in [5.74, 6) is 0.400. The average molecular weight is 393 g/mol. The van der Waals surface area contributed by atoms with Crippen LogP contribution in [0.1, 0.15) is 24.5 Å². The summed E-state index contributed by atoms with van der Waals surface area (Å²) in [5, 5.41) is 7.54. The van der Waals surface area contributed by atoms with Gasteiger partial charge in [-0.1, -0.05) is 30.3 Å². The molecule has 2 aromatic heterocycles. The van der Waals surface area contributed by atoms with E-state index in [1.807, 2.05) is 30.3 Å². The van der Waals surface area contributed by atoms with E-state index in [0.717, 1.165) is 29.6 Å². The molecule has 0 atom stereocenters. The van der Waals surface area contributed by atoms with Gasteiger partial charge in [-0.05, 0) is 48.7 Å². The van der Waals surface area contributed by atoms with Gasteiger partial charge in [-0.3, -0.25) is 14.5 Å². The number of fused-ring (bicyclic) bond motifs is 1. The van der Waals surface area contributed by atoms with Crippen LogP contribution in [0.2, 0.25) is 0 Å². The van der Waals surface area contributed by atoms with Gasteiger partial charge in [0.15, 0.2) is 0 Å². The monoisotopic (exact) mass is 393 g/mol. The molecular weight excluding hydrogens is 376 g/mol. The van der Waals surface area contributed by atoms with Crippen LogP contribution in [0.3, 0.4) is 0 Å². The summed E-state index contributed by atoms with van der Waals surface area (Å²) in [6, 6.07) is 17.3. The Hall–Kier alpha value is -3.48. The number of aromatic amines is 1. The van der Waals surface area contributed by atoms with Crippen molar-refractivity contribution in [1.82, 2.24) is 14.8 Å². The first kappa shape index (κ1) is 17.6. The molecule has 1 aliphatic rings. The van der Waals surface area contributed by atoms with Crippen molar-refractivity contribution < 1.29 is 13.5 Å². The molecule has 2 heterocycles. The standard InChI is InChI=1S/C22H17F2N3O2/c23-22(24)29-16-10-8-15(9-11-16)27-20-18(25-26-19(20)14-6-7-14)12-17(21(27)28)13-4-2-1-3-5-13/h1-5,8-12,14,22H,6-7H2,(H,25,26). The Morgan fingerprint density at radius 2 is 1.79 bits per heavy atom. The fraction of sp³-hybridized carbons (Fsp3) is 0.182. The number of halogens is 2. The third-order valence-corrected chi connectivity index (χ3v) is 5.12. The van der Waals surface area contributed by atoms with Crippen LogP contribution in [0.5, 0.6) is 5.75 Å². The first-order valence-corrected chi connectivity index (χ1v) is 9.36. The number of alkyl halides is 2. The fourth-order valence-electron chi connectivity index (χ4n) is 3.62. The Bertz CT molecular complexity index is 1230. The van der Waals surface area contributed by atoms with Gasteiger partial charge >= 0.3 is 6.61 Å². The highest BCUT2D eigenvalue weighted by molar-refractivity contribution is 5.85. The predicted octanol–water partition coefficient (Wildman–Crippen LogP) is 4.86. The minimum atomic E-state index is -2.90. The first-order valence-electron chi connectivity index (χ1n) is 9.36. The summed E-state index contributed by atoms with van der Waals surface area (Å²) < 4.78 is 31.0. The van der Waals surface area contributed by atoms with Crippen molar-refractivity contribution >= 4 is 11.0 Å². The average Bonchev–Trinajstić information content (AvgIpc) is 3.48. The molecule has 7 heteroatoms. The van der Waals surface area contributed by atoms with Crippen LogP contribution in [0.15, 0.2) is 65.5 Å². The predicted molar refractivity (Wildman–Crippen MR) is 106 cm³/mol. The summed E-state index contributed by atoms with van der Waals surface area (Å²) in [5.41, 5.74) is 4.07. The number of ether oxygens (including phenoxy) is 1. The minimum absolute atomic E-state index is 0.0434. The van der Waals surface area contributed by atoms with Crippen LogP contribution in [0.25, 0.3) is 27.8 Å². The molecule has 5 rings (SSSR count). The second kappa shape index (κ2) is 6.84. The van der Waals surface area contributed by atoms with Gasteiger partial charge in [-0.15, -0.1) is 0 Å². The molecule has 1 N–H and O–H groups in total. The molecule has 0 bridgehead atoms. The highest BCUT2D eigenvalue weighted by Crippen LogP contribution is 2.42. The molecule has 2 aromatic carbocycles. The highest BCUT2D eigenvalue weighted by Gasteiger charge is 2.30. The van der Waals surface area contributed by atoms with Gasteiger partial charge in [0.25, 0.3) is 5.56 Å². The Morgan fingerprint density at radius 3 is 2.45 bits per heavy atom. The third kappa shape index (κ3) is 3.18. The van der Waals surface area contributed by atoms with Crippen LogP contribution < -0.4 is 10.3 Å². The van der Waals surface area contributed by atoms with E-state index >= 15 is 0 Å². The van der Waals surface area contributed by atoms with Gasteiger partial charge in [0.2, 0.25) is 0 Å². The van der Waals surface area contributed by atoms with Crippen LogP contribution in [-0.2, 0) is 0 Å². The third-order valence-electron chi connectivity index (χ3n) is 5.12. The lowest BCUT2D eigenvalue weighted by Gasteiger charge is -2.13. The van der Waals surface area contributed by atoms with E-state index in [2.05, 4.69) is 14.9 Å². The molecular formula is C22H17F2N3O2. The summed E-state index contributed by atoms with van der Waals surface area (Å²) in [6.45, 7) is -2.90. The number of nitrogens with one attached hydrogen (secondary N) is 1. The Labute approximate surface area is 164 Å². The van der Waals surface area contributed by atoms with Gasteiger partial charge in [0.1, 0.15) is 11.3 Å². The van der Waals surface area contributed by atoms with Crippen molar-refractivity contribution in [2.24, 2.45) is 0 Å². The molecule has 1 fully saturated rings. The van der Waals surface area contributed by atoms with Gasteiger partial charge in [-0.2, -0.15) is 13.9 Å². The van der Waals surface area contributed by atoms with Crippen LogP contribution in [0, 0.1) is 0 Å². The number of pyridine rings is 1. The molecule has 1 saturated carbocycles. The lowest BCUT2D eigenvalue weighted by atomic mass is 10.1. The van der Waals surface area contributed by atoms with Crippen molar-refractivity contribution in [2.45, 2.75) is 25.4 Å². The van der Waals surface area contributed by atoms with Crippen LogP contribution >= 0.6 is 0 Å². The lowest BCUT2D eigenvalue weighted by molar-refractivity contribution is -0.0498. The van der Waals surface area contributed by atoms with Gasteiger partial charge < -0.3 is 4.74 Å². The zero-order valence-corrected chi connectivity index (χ0v) is 15.3. The van der Waals surface area contributed by atoms with E-state index in [1.54, 1.807) is 22.8 Å². The molecule has 4 aromatic rings. The fourth-order valence-corrected chi connectivity index (χ4v) is 3.62. The van der Waals surface area contributed by atoms with Crippen molar-refractivity contribution in [3.8, 4) is 22.6 Å². The number of hydrogen-bond acceptors (Lipinski definition) is 3. The van der Waals surface area contributed by atoms with E-state index in [0.29, 0.717) is 22.7 Å². The molecule has 29 heavy (non-hydrogen) atoms. The summed E-state index contributed by atoms with van der Waals surface area (Å²) in [7, 11) is 0. The zero-order chi connectivity index (χ0) is 20.0. The van der Waals surface area contributed by atoms with E-state index in [1.165, 1.54) is 12.1 Å². The maximum absolute atomic E-state index is 13.5. The molecule has 0 amide bonds. The van der Waals surface area contributed by atoms with Crippen molar-refractivity contribution in [1.29, 1.82) is 0 Å². The van der Waals surface area contributed by atoms with E-state index in [4.69, 9.17) is 0 Å². The van der Waals surface area contributed by atoms with Crippen molar-refractivity contribution in [3.05, 3.63) is 76.7 Å². The zero-order valence-electron chi connectivity index (χ0n) is 15.3. The lowest BCUT2D eigenvalue weighted by Crippen LogP contribution is -2.21. The number of nitrogens with zero attached hydrogens (tertiary/aromatic N) is 2.